The predicted octanol–water partition coefficient (Wildman–Crippen LogP) is 4.88. The first kappa shape index (κ1) is 13.8. The second-order valence-electron chi connectivity index (χ2n) is 5.16. The summed E-state index contributed by atoms with van der Waals surface area (Å²) in [6.07, 6.45) is 2.43. The quantitative estimate of drug-likeness (QED) is 0.716. The molecule has 1 aromatic heterocycles. The Kier molecular flexibility index (Phi) is 3.94. The highest BCUT2D eigenvalue weighted by molar-refractivity contribution is 9.10. The first-order valence-electron chi connectivity index (χ1n) is 6.74. The lowest BCUT2D eigenvalue weighted by Crippen LogP contribution is -2.26. The summed E-state index contributed by atoms with van der Waals surface area (Å²) < 4.78 is 1.02. The minimum absolute atomic E-state index is 0.129. The number of rotatable bonds is 5. The lowest BCUT2D eigenvalue weighted by Gasteiger charge is -2.26. The number of carbonyl (C=O) groups excluding carboxylic acids is 1. The molecule has 2 aromatic rings. The fourth-order valence-electron chi connectivity index (χ4n) is 2.41. The number of ketones is 1. The first-order valence-corrected chi connectivity index (χ1v) is 8.42. The zero-order valence-corrected chi connectivity index (χ0v) is 13.7. The maximum absolute atomic E-state index is 11.9. The van der Waals surface area contributed by atoms with E-state index >= 15 is 0 Å². The molecule has 0 N–H and O–H groups in total. The molecule has 1 aromatic carbocycles. The number of hydrogen-bond acceptors (Lipinski definition) is 3. The summed E-state index contributed by atoms with van der Waals surface area (Å²) in [5.74, 6) is 0.129. The molecular formula is C16H16BrNOS. The van der Waals surface area contributed by atoms with E-state index in [-0.39, 0.29) is 5.78 Å². The first-order chi connectivity index (χ1) is 9.65. The van der Waals surface area contributed by atoms with Crippen LogP contribution in [0.1, 0.15) is 35.0 Å². The van der Waals surface area contributed by atoms with Gasteiger partial charge in [0.25, 0.3) is 0 Å². The van der Waals surface area contributed by atoms with E-state index in [1.807, 2.05) is 12.1 Å². The molecule has 1 fully saturated rings. The van der Waals surface area contributed by atoms with Crippen LogP contribution in [0.2, 0.25) is 0 Å². The number of anilines is 1. The lowest BCUT2D eigenvalue weighted by molar-refractivity contribution is 0.101. The SMILES string of the molecule is CC(=O)c1ccc(Br)cc1N(Cc1cccs1)C1CC1. The Hall–Kier alpha value is -1.13. The highest BCUT2D eigenvalue weighted by Crippen LogP contribution is 2.37. The van der Waals surface area contributed by atoms with Gasteiger partial charge in [-0.25, -0.2) is 0 Å². The Bertz CT molecular complexity index is 619. The van der Waals surface area contributed by atoms with Gasteiger partial charge in [0, 0.05) is 26.6 Å². The zero-order valence-electron chi connectivity index (χ0n) is 11.3. The predicted molar refractivity (Wildman–Crippen MR) is 87.7 cm³/mol. The van der Waals surface area contributed by atoms with Crippen LogP contribution in [0.25, 0.3) is 0 Å². The summed E-state index contributed by atoms with van der Waals surface area (Å²) in [5.41, 5.74) is 1.87. The van der Waals surface area contributed by atoms with Crippen LogP contribution in [-0.4, -0.2) is 11.8 Å². The monoisotopic (exact) mass is 349 g/mol. The molecule has 1 aliphatic rings. The molecule has 1 saturated carbocycles. The molecule has 3 rings (SSSR count). The number of nitrogens with zero attached hydrogens (tertiary/aromatic N) is 1. The average molecular weight is 350 g/mol. The van der Waals surface area contributed by atoms with Gasteiger partial charge >= 0.3 is 0 Å². The molecule has 0 spiro atoms. The summed E-state index contributed by atoms with van der Waals surface area (Å²) in [4.78, 5) is 15.6. The van der Waals surface area contributed by atoms with Crippen LogP contribution < -0.4 is 4.90 Å². The molecule has 104 valence electrons. The van der Waals surface area contributed by atoms with E-state index in [4.69, 9.17) is 0 Å². The summed E-state index contributed by atoms with van der Waals surface area (Å²) in [6.45, 7) is 2.53. The third kappa shape index (κ3) is 2.96. The van der Waals surface area contributed by atoms with Crippen molar-refractivity contribution in [3.63, 3.8) is 0 Å². The van der Waals surface area contributed by atoms with Gasteiger partial charge in [-0.2, -0.15) is 0 Å². The molecule has 1 heterocycles. The molecule has 0 atom stereocenters. The smallest absolute Gasteiger partial charge is 0.161 e. The van der Waals surface area contributed by atoms with E-state index in [1.165, 1.54) is 17.7 Å². The number of halogens is 1. The van der Waals surface area contributed by atoms with Crippen molar-refractivity contribution in [2.45, 2.75) is 32.4 Å². The van der Waals surface area contributed by atoms with Crippen LogP contribution in [0.4, 0.5) is 5.69 Å². The van der Waals surface area contributed by atoms with E-state index in [9.17, 15) is 4.79 Å². The minimum atomic E-state index is 0.129. The number of Topliss-reactive ketones (excluding diaryl/α,β-unsaturated/α-hetero) is 1. The molecule has 0 saturated heterocycles. The molecule has 0 unspecified atom stereocenters. The van der Waals surface area contributed by atoms with Crippen molar-refractivity contribution in [3.8, 4) is 0 Å². The van der Waals surface area contributed by atoms with Crippen molar-refractivity contribution in [3.05, 3.63) is 50.6 Å². The highest BCUT2D eigenvalue weighted by Gasteiger charge is 2.31. The van der Waals surface area contributed by atoms with E-state index in [0.717, 1.165) is 22.3 Å². The van der Waals surface area contributed by atoms with Gasteiger partial charge in [-0.3, -0.25) is 4.79 Å². The summed E-state index contributed by atoms with van der Waals surface area (Å²) in [6, 6.07) is 10.7. The average Bonchev–Trinajstić information content (AvgIpc) is 3.12. The Morgan fingerprint density at radius 2 is 2.20 bits per heavy atom. The molecular weight excluding hydrogens is 334 g/mol. The zero-order chi connectivity index (χ0) is 14.1. The van der Waals surface area contributed by atoms with Gasteiger partial charge in [-0.1, -0.05) is 22.0 Å². The third-order valence-corrected chi connectivity index (χ3v) is 4.90. The van der Waals surface area contributed by atoms with Crippen molar-refractivity contribution in [1.82, 2.24) is 0 Å². The molecule has 2 nitrogen and oxygen atoms in total. The Labute approximate surface area is 131 Å². The summed E-state index contributed by atoms with van der Waals surface area (Å²) in [5, 5.41) is 2.10. The lowest BCUT2D eigenvalue weighted by atomic mass is 10.1. The number of carbonyl (C=O) groups is 1. The highest BCUT2D eigenvalue weighted by atomic mass is 79.9. The molecule has 0 amide bonds. The minimum Gasteiger partial charge on any atom is -0.363 e. The van der Waals surface area contributed by atoms with Crippen molar-refractivity contribution in [2.75, 3.05) is 4.90 Å². The van der Waals surface area contributed by atoms with Gasteiger partial charge in [-0.15, -0.1) is 11.3 Å². The van der Waals surface area contributed by atoms with E-state index in [2.05, 4.69) is 44.4 Å². The number of benzene rings is 1. The molecule has 4 heteroatoms. The Morgan fingerprint density at radius 1 is 1.40 bits per heavy atom. The van der Waals surface area contributed by atoms with Crippen molar-refractivity contribution in [1.29, 1.82) is 0 Å². The third-order valence-electron chi connectivity index (χ3n) is 3.54. The Balaban J connectivity index is 1.98. The van der Waals surface area contributed by atoms with E-state index in [1.54, 1.807) is 18.3 Å². The van der Waals surface area contributed by atoms with Gasteiger partial charge in [0.05, 0.1) is 6.54 Å². The summed E-state index contributed by atoms with van der Waals surface area (Å²) in [7, 11) is 0. The normalized spacial score (nSPS) is 14.3. The second-order valence-corrected chi connectivity index (χ2v) is 7.10. The van der Waals surface area contributed by atoms with Gasteiger partial charge in [0.15, 0.2) is 5.78 Å². The fourth-order valence-corrected chi connectivity index (χ4v) is 3.46. The van der Waals surface area contributed by atoms with E-state index < -0.39 is 0 Å². The number of hydrogen-bond donors (Lipinski definition) is 0. The molecule has 20 heavy (non-hydrogen) atoms. The maximum Gasteiger partial charge on any atom is 0.161 e. The standard InChI is InChI=1S/C16H16BrNOS/c1-11(19)15-7-4-12(17)9-16(15)18(13-5-6-13)10-14-3-2-8-20-14/h2-4,7-9,13H,5-6,10H2,1H3. The van der Waals surface area contributed by atoms with Crippen LogP contribution >= 0.6 is 27.3 Å². The van der Waals surface area contributed by atoms with Crippen molar-refractivity contribution < 1.29 is 4.79 Å². The molecule has 0 aliphatic heterocycles. The topological polar surface area (TPSA) is 20.3 Å². The van der Waals surface area contributed by atoms with Crippen LogP contribution in [-0.2, 0) is 6.54 Å². The molecule has 0 radical (unpaired) electrons. The van der Waals surface area contributed by atoms with Gasteiger partial charge in [-0.05, 0) is 49.4 Å². The van der Waals surface area contributed by atoms with Crippen molar-refractivity contribution in [2.24, 2.45) is 0 Å². The van der Waals surface area contributed by atoms with Crippen LogP contribution in [0.15, 0.2) is 40.2 Å². The van der Waals surface area contributed by atoms with Crippen molar-refractivity contribution >= 4 is 38.7 Å². The van der Waals surface area contributed by atoms with Gasteiger partial charge in [0.1, 0.15) is 0 Å². The maximum atomic E-state index is 11.9. The molecule has 1 aliphatic carbocycles. The fraction of sp³-hybridized carbons (Fsp3) is 0.312. The second kappa shape index (κ2) is 5.70. The molecule has 0 bridgehead atoms. The largest absolute Gasteiger partial charge is 0.363 e. The Morgan fingerprint density at radius 3 is 2.80 bits per heavy atom. The van der Waals surface area contributed by atoms with Crippen LogP contribution in [0.5, 0.6) is 0 Å². The van der Waals surface area contributed by atoms with E-state index in [0.29, 0.717) is 6.04 Å². The van der Waals surface area contributed by atoms with Crippen LogP contribution in [0, 0.1) is 0 Å². The summed E-state index contributed by atoms with van der Waals surface area (Å²) >= 11 is 5.30. The number of thiophene rings is 1. The van der Waals surface area contributed by atoms with Gasteiger partial charge in [0.2, 0.25) is 0 Å². The van der Waals surface area contributed by atoms with Crippen LogP contribution in [0.3, 0.4) is 0 Å². The van der Waals surface area contributed by atoms with Gasteiger partial charge < -0.3 is 4.90 Å².